The van der Waals surface area contributed by atoms with Gasteiger partial charge in [0, 0.05) is 19.0 Å². The van der Waals surface area contributed by atoms with Crippen molar-refractivity contribution in [2.75, 3.05) is 19.7 Å². The second-order valence-electron chi connectivity index (χ2n) is 9.70. The average molecular weight is 479 g/mol. The number of ether oxygens (including phenoxy) is 1. The van der Waals surface area contributed by atoms with Gasteiger partial charge in [0.2, 0.25) is 5.91 Å². The number of carbonyl (C=O) groups excluding carboxylic acids is 2. The standard InChI is InChI=1S/C28H34N2O5/c1-3-18(2)26(27(33)30(15-14-25(31)32)16-19-12-13-19)29-28(34)35-17-24-22-10-6-4-8-20(22)21-9-5-7-11-23(21)24/h4-11,18-19,24,26H,3,12-17H2,1-2H3,(H,29,34)(H,31,32). The zero-order valence-electron chi connectivity index (χ0n) is 20.4. The summed E-state index contributed by atoms with van der Waals surface area (Å²) in [4.78, 5) is 39.0. The Balaban J connectivity index is 1.43. The van der Waals surface area contributed by atoms with Crippen molar-refractivity contribution in [2.24, 2.45) is 11.8 Å². The van der Waals surface area contributed by atoms with Crippen LogP contribution in [0, 0.1) is 11.8 Å². The molecule has 35 heavy (non-hydrogen) atoms. The van der Waals surface area contributed by atoms with Crippen molar-refractivity contribution in [3.8, 4) is 11.1 Å². The summed E-state index contributed by atoms with van der Waals surface area (Å²) in [7, 11) is 0. The molecule has 4 rings (SSSR count). The second-order valence-corrected chi connectivity index (χ2v) is 9.70. The number of alkyl carbamates (subject to hydrolysis) is 1. The van der Waals surface area contributed by atoms with Gasteiger partial charge in [-0.15, -0.1) is 0 Å². The molecule has 186 valence electrons. The van der Waals surface area contributed by atoms with E-state index >= 15 is 0 Å². The number of carboxylic acid groups (broad SMARTS) is 1. The molecule has 2 aliphatic carbocycles. The summed E-state index contributed by atoms with van der Waals surface area (Å²) >= 11 is 0. The fourth-order valence-corrected chi connectivity index (χ4v) is 4.78. The molecule has 0 aliphatic heterocycles. The monoisotopic (exact) mass is 478 g/mol. The number of carbonyl (C=O) groups is 3. The zero-order valence-corrected chi connectivity index (χ0v) is 20.4. The second kappa shape index (κ2) is 10.9. The molecular weight excluding hydrogens is 444 g/mol. The Hall–Kier alpha value is -3.35. The van der Waals surface area contributed by atoms with Crippen molar-refractivity contribution >= 4 is 18.0 Å². The van der Waals surface area contributed by atoms with E-state index in [1.54, 1.807) is 4.90 Å². The molecule has 2 aromatic carbocycles. The lowest BCUT2D eigenvalue weighted by molar-refractivity contribution is -0.139. The van der Waals surface area contributed by atoms with Gasteiger partial charge in [0.15, 0.2) is 0 Å². The zero-order chi connectivity index (χ0) is 24.9. The predicted molar refractivity (Wildman–Crippen MR) is 133 cm³/mol. The van der Waals surface area contributed by atoms with Crippen molar-refractivity contribution in [3.63, 3.8) is 0 Å². The smallest absolute Gasteiger partial charge is 0.407 e. The first-order valence-electron chi connectivity index (χ1n) is 12.5. The first kappa shape index (κ1) is 24.8. The third kappa shape index (κ3) is 5.84. The minimum Gasteiger partial charge on any atom is -0.481 e. The van der Waals surface area contributed by atoms with Gasteiger partial charge in [-0.1, -0.05) is 68.8 Å². The van der Waals surface area contributed by atoms with E-state index in [-0.39, 0.29) is 37.3 Å². The number of benzene rings is 2. The summed E-state index contributed by atoms with van der Waals surface area (Å²) in [5, 5.41) is 11.9. The summed E-state index contributed by atoms with van der Waals surface area (Å²) in [6, 6.07) is 15.5. The molecule has 2 unspecified atom stereocenters. The van der Waals surface area contributed by atoms with Gasteiger partial charge >= 0.3 is 12.1 Å². The predicted octanol–water partition coefficient (Wildman–Crippen LogP) is 4.65. The van der Waals surface area contributed by atoms with Gasteiger partial charge in [-0.3, -0.25) is 9.59 Å². The van der Waals surface area contributed by atoms with Gasteiger partial charge in [-0.05, 0) is 46.9 Å². The van der Waals surface area contributed by atoms with Crippen LogP contribution >= 0.6 is 0 Å². The number of nitrogens with one attached hydrogen (secondary N) is 1. The van der Waals surface area contributed by atoms with Crippen molar-refractivity contribution < 1.29 is 24.2 Å². The van der Waals surface area contributed by atoms with E-state index in [0.29, 0.717) is 18.9 Å². The number of carboxylic acids is 1. The van der Waals surface area contributed by atoms with Crippen molar-refractivity contribution in [3.05, 3.63) is 59.7 Å². The van der Waals surface area contributed by atoms with Crippen LogP contribution in [0.25, 0.3) is 11.1 Å². The van der Waals surface area contributed by atoms with Crippen LogP contribution in [0.1, 0.15) is 56.6 Å². The van der Waals surface area contributed by atoms with Crippen molar-refractivity contribution in [1.82, 2.24) is 10.2 Å². The maximum Gasteiger partial charge on any atom is 0.407 e. The highest BCUT2D eigenvalue weighted by Gasteiger charge is 2.35. The minimum atomic E-state index is -0.941. The number of rotatable bonds is 11. The Morgan fingerprint density at radius 2 is 1.66 bits per heavy atom. The highest BCUT2D eigenvalue weighted by molar-refractivity contribution is 5.86. The largest absolute Gasteiger partial charge is 0.481 e. The number of hydrogen-bond acceptors (Lipinski definition) is 4. The Morgan fingerprint density at radius 1 is 1.06 bits per heavy atom. The summed E-state index contributed by atoms with van der Waals surface area (Å²) in [6.45, 7) is 4.73. The van der Waals surface area contributed by atoms with E-state index in [1.165, 1.54) is 0 Å². The molecule has 2 aliphatic rings. The number of fused-ring (bicyclic) bond motifs is 3. The van der Waals surface area contributed by atoms with Gasteiger partial charge in [0.25, 0.3) is 0 Å². The SMILES string of the molecule is CCC(C)C(NC(=O)OCC1c2ccccc2-c2ccccc21)C(=O)N(CCC(=O)O)CC1CC1. The maximum atomic E-state index is 13.4. The molecule has 0 aromatic heterocycles. The fourth-order valence-electron chi connectivity index (χ4n) is 4.78. The van der Waals surface area contributed by atoms with E-state index in [0.717, 1.165) is 35.1 Å². The molecule has 7 nitrogen and oxygen atoms in total. The molecule has 0 spiro atoms. The van der Waals surface area contributed by atoms with Gasteiger partial charge in [0.1, 0.15) is 12.6 Å². The average Bonchev–Trinajstić information content (AvgIpc) is 3.63. The molecule has 7 heteroatoms. The highest BCUT2D eigenvalue weighted by atomic mass is 16.5. The Kier molecular flexibility index (Phi) is 7.73. The first-order valence-corrected chi connectivity index (χ1v) is 12.5. The number of aliphatic carboxylic acids is 1. The molecule has 0 heterocycles. The van der Waals surface area contributed by atoms with E-state index in [9.17, 15) is 14.4 Å². The molecule has 2 aromatic rings. The maximum absolute atomic E-state index is 13.4. The van der Waals surface area contributed by atoms with E-state index in [4.69, 9.17) is 9.84 Å². The van der Waals surface area contributed by atoms with Crippen LogP contribution in [0.2, 0.25) is 0 Å². The van der Waals surface area contributed by atoms with Crippen molar-refractivity contribution in [1.29, 1.82) is 0 Å². The Labute approximate surface area is 206 Å². The van der Waals surface area contributed by atoms with E-state index in [1.807, 2.05) is 38.1 Å². The molecule has 2 atom stereocenters. The quantitative estimate of drug-likeness (QED) is 0.490. The molecule has 2 N–H and O–H groups in total. The van der Waals surface area contributed by atoms with Crippen LogP contribution in [0.5, 0.6) is 0 Å². The van der Waals surface area contributed by atoms with Crippen LogP contribution < -0.4 is 5.32 Å². The van der Waals surface area contributed by atoms with Crippen LogP contribution in [-0.4, -0.2) is 53.7 Å². The molecule has 0 bridgehead atoms. The first-order chi connectivity index (χ1) is 16.9. The minimum absolute atomic E-state index is 0.0622. The lowest BCUT2D eigenvalue weighted by Crippen LogP contribution is -2.52. The number of nitrogens with zero attached hydrogens (tertiary/aromatic N) is 1. The summed E-state index contributed by atoms with van der Waals surface area (Å²) in [5.41, 5.74) is 4.55. The van der Waals surface area contributed by atoms with Crippen LogP contribution in [0.15, 0.2) is 48.5 Å². The third-order valence-electron chi connectivity index (χ3n) is 7.18. The summed E-state index contributed by atoms with van der Waals surface area (Å²) in [6.07, 6.45) is 2.04. The Morgan fingerprint density at radius 3 is 2.20 bits per heavy atom. The number of amides is 2. The number of hydrogen-bond donors (Lipinski definition) is 2. The lowest BCUT2D eigenvalue weighted by Gasteiger charge is -2.30. The summed E-state index contributed by atoms with van der Waals surface area (Å²) in [5.74, 6) is -0.939. The molecule has 1 fully saturated rings. The summed E-state index contributed by atoms with van der Waals surface area (Å²) < 4.78 is 5.67. The topological polar surface area (TPSA) is 95.9 Å². The lowest BCUT2D eigenvalue weighted by atomic mass is 9.97. The molecular formula is C28H34N2O5. The third-order valence-corrected chi connectivity index (χ3v) is 7.18. The fraction of sp³-hybridized carbons (Fsp3) is 0.464. The van der Waals surface area contributed by atoms with E-state index < -0.39 is 18.1 Å². The van der Waals surface area contributed by atoms with Gasteiger partial charge in [0.05, 0.1) is 6.42 Å². The van der Waals surface area contributed by atoms with Crippen LogP contribution in [-0.2, 0) is 14.3 Å². The molecule has 1 saturated carbocycles. The molecule has 2 amide bonds. The Bertz CT molecular complexity index is 1040. The van der Waals surface area contributed by atoms with Gasteiger partial charge in [-0.2, -0.15) is 0 Å². The van der Waals surface area contributed by atoms with Crippen molar-refractivity contribution in [2.45, 2.75) is 51.5 Å². The highest BCUT2D eigenvalue weighted by Crippen LogP contribution is 2.44. The van der Waals surface area contributed by atoms with Gasteiger partial charge in [-0.25, -0.2) is 4.79 Å². The normalized spacial score (nSPS) is 16.1. The molecule has 0 saturated heterocycles. The van der Waals surface area contributed by atoms with Gasteiger partial charge < -0.3 is 20.1 Å². The van der Waals surface area contributed by atoms with E-state index in [2.05, 4.69) is 29.6 Å². The van der Waals surface area contributed by atoms with Crippen LogP contribution in [0.4, 0.5) is 4.79 Å². The van der Waals surface area contributed by atoms with Crippen LogP contribution in [0.3, 0.4) is 0 Å². The molecule has 0 radical (unpaired) electrons.